The van der Waals surface area contributed by atoms with E-state index in [2.05, 4.69) is 22.0 Å². The topological polar surface area (TPSA) is 45.7 Å². The zero-order valence-electron chi connectivity index (χ0n) is 13.5. The monoisotopic (exact) mass is 311 g/mol. The van der Waals surface area contributed by atoms with E-state index in [-0.39, 0.29) is 5.91 Å². The summed E-state index contributed by atoms with van der Waals surface area (Å²) in [4.78, 5) is 21.0. The summed E-state index contributed by atoms with van der Waals surface area (Å²) < 4.78 is 5.19. The Balaban J connectivity index is 1.62. The first kappa shape index (κ1) is 15.3. The number of hydrogen-bond acceptors (Lipinski definition) is 4. The average Bonchev–Trinajstić information content (AvgIpc) is 2.61. The summed E-state index contributed by atoms with van der Waals surface area (Å²) in [6.07, 6.45) is 0. The number of amides is 1. The minimum atomic E-state index is 0.0167. The Labute approximate surface area is 136 Å². The third-order valence-corrected chi connectivity index (χ3v) is 4.11. The highest BCUT2D eigenvalue weighted by Crippen LogP contribution is 2.20. The second kappa shape index (κ2) is 6.69. The standard InChI is InChI=1S/C18H21N3O2/c1-14-4-3-5-17(19-14)18(22)21-12-10-20(11-13-21)15-6-8-16(23-2)9-7-15/h3-9H,10-13H2,1-2H3. The highest BCUT2D eigenvalue weighted by molar-refractivity contribution is 5.92. The third-order valence-electron chi connectivity index (χ3n) is 4.11. The summed E-state index contributed by atoms with van der Waals surface area (Å²) >= 11 is 0. The van der Waals surface area contributed by atoms with Crippen LogP contribution in [0.2, 0.25) is 0 Å². The van der Waals surface area contributed by atoms with Crippen LogP contribution < -0.4 is 9.64 Å². The Morgan fingerprint density at radius 1 is 1.04 bits per heavy atom. The maximum atomic E-state index is 12.5. The summed E-state index contributed by atoms with van der Waals surface area (Å²) in [6.45, 7) is 4.97. The second-order valence-electron chi connectivity index (χ2n) is 5.64. The number of aromatic nitrogens is 1. The minimum absolute atomic E-state index is 0.0167. The molecule has 0 radical (unpaired) electrons. The molecular formula is C18H21N3O2. The Bertz CT molecular complexity index is 677. The molecule has 1 aliphatic rings. The third kappa shape index (κ3) is 3.44. The van der Waals surface area contributed by atoms with Crippen molar-refractivity contribution in [2.24, 2.45) is 0 Å². The molecule has 0 N–H and O–H groups in total. The van der Waals surface area contributed by atoms with E-state index < -0.39 is 0 Å². The highest BCUT2D eigenvalue weighted by Gasteiger charge is 2.23. The van der Waals surface area contributed by atoms with Crippen molar-refractivity contribution < 1.29 is 9.53 Å². The van der Waals surface area contributed by atoms with E-state index in [0.29, 0.717) is 18.8 Å². The van der Waals surface area contributed by atoms with Gasteiger partial charge in [-0.1, -0.05) is 6.07 Å². The van der Waals surface area contributed by atoms with Crippen LogP contribution in [0.1, 0.15) is 16.2 Å². The van der Waals surface area contributed by atoms with Crippen LogP contribution in [0, 0.1) is 6.92 Å². The molecule has 0 aliphatic carbocycles. The first-order chi connectivity index (χ1) is 11.2. The number of ether oxygens (including phenoxy) is 1. The van der Waals surface area contributed by atoms with Gasteiger partial charge in [0, 0.05) is 37.6 Å². The molecule has 0 bridgehead atoms. The smallest absolute Gasteiger partial charge is 0.272 e. The molecule has 2 aromatic rings. The summed E-state index contributed by atoms with van der Waals surface area (Å²) in [5.74, 6) is 0.871. The lowest BCUT2D eigenvalue weighted by molar-refractivity contribution is 0.0740. The first-order valence-corrected chi connectivity index (χ1v) is 7.79. The molecule has 120 valence electrons. The van der Waals surface area contributed by atoms with E-state index in [0.717, 1.165) is 30.2 Å². The predicted molar refractivity (Wildman–Crippen MR) is 90.1 cm³/mol. The molecule has 3 rings (SSSR count). The van der Waals surface area contributed by atoms with Crippen LogP contribution in [-0.4, -0.2) is 49.1 Å². The quantitative estimate of drug-likeness (QED) is 0.873. The number of carbonyl (C=O) groups is 1. The van der Waals surface area contributed by atoms with Crippen molar-refractivity contribution in [1.82, 2.24) is 9.88 Å². The number of rotatable bonds is 3. The molecule has 1 saturated heterocycles. The predicted octanol–water partition coefficient (Wildman–Crippen LogP) is 2.36. The largest absolute Gasteiger partial charge is 0.497 e. The fourth-order valence-electron chi connectivity index (χ4n) is 2.78. The van der Waals surface area contributed by atoms with Crippen molar-refractivity contribution >= 4 is 11.6 Å². The number of methoxy groups -OCH3 is 1. The summed E-state index contributed by atoms with van der Waals surface area (Å²) in [7, 11) is 1.67. The number of piperazine rings is 1. The molecule has 0 atom stereocenters. The maximum Gasteiger partial charge on any atom is 0.272 e. The van der Waals surface area contributed by atoms with Crippen molar-refractivity contribution in [3.05, 3.63) is 53.9 Å². The van der Waals surface area contributed by atoms with Crippen molar-refractivity contribution in [3.63, 3.8) is 0 Å². The summed E-state index contributed by atoms with van der Waals surface area (Å²) in [5, 5.41) is 0. The van der Waals surface area contributed by atoms with Crippen LogP contribution in [0.25, 0.3) is 0 Å². The number of benzene rings is 1. The Kier molecular flexibility index (Phi) is 4.46. The molecule has 0 saturated carbocycles. The molecule has 2 heterocycles. The average molecular weight is 311 g/mol. The number of aryl methyl sites for hydroxylation is 1. The van der Waals surface area contributed by atoms with Gasteiger partial charge in [-0.3, -0.25) is 4.79 Å². The lowest BCUT2D eigenvalue weighted by Crippen LogP contribution is -2.49. The molecule has 1 aliphatic heterocycles. The first-order valence-electron chi connectivity index (χ1n) is 7.79. The highest BCUT2D eigenvalue weighted by atomic mass is 16.5. The molecule has 5 nitrogen and oxygen atoms in total. The van der Waals surface area contributed by atoms with Gasteiger partial charge in [0.1, 0.15) is 11.4 Å². The van der Waals surface area contributed by atoms with Crippen LogP contribution in [-0.2, 0) is 0 Å². The summed E-state index contributed by atoms with van der Waals surface area (Å²) in [6, 6.07) is 13.6. The van der Waals surface area contributed by atoms with Gasteiger partial charge in [-0.05, 0) is 43.3 Å². The zero-order valence-corrected chi connectivity index (χ0v) is 13.5. The number of carbonyl (C=O) groups excluding carboxylic acids is 1. The SMILES string of the molecule is COc1ccc(N2CCN(C(=O)c3cccc(C)n3)CC2)cc1. The van der Waals surface area contributed by atoms with Crippen molar-refractivity contribution in [1.29, 1.82) is 0 Å². The van der Waals surface area contributed by atoms with Crippen LogP contribution in [0.5, 0.6) is 5.75 Å². The Morgan fingerprint density at radius 2 is 1.74 bits per heavy atom. The summed E-state index contributed by atoms with van der Waals surface area (Å²) in [5.41, 5.74) is 2.56. The van der Waals surface area contributed by atoms with Gasteiger partial charge in [-0.15, -0.1) is 0 Å². The van der Waals surface area contributed by atoms with Gasteiger partial charge in [0.15, 0.2) is 0 Å². The van der Waals surface area contributed by atoms with Crippen LogP contribution in [0.3, 0.4) is 0 Å². The molecular weight excluding hydrogens is 290 g/mol. The van der Waals surface area contributed by atoms with E-state index in [4.69, 9.17) is 4.74 Å². The Morgan fingerprint density at radius 3 is 2.35 bits per heavy atom. The van der Waals surface area contributed by atoms with Crippen molar-refractivity contribution in [2.45, 2.75) is 6.92 Å². The van der Waals surface area contributed by atoms with Gasteiger partial charge in [-0.2, -0.15) is 0 Å². The lowest BCUT2D eigenvalue weighted by Gasteiger charge is -2.36. The molecule has 1 amide bonds. The maximum absolute atomic E-state index is 12.5. The van der Waals surface area contributed by atoms with Gasteiger partial charge in [0.05, 0.1) is 7.11 Å². The van der Waals surface area contributed by atoms with Gasteiger partial charge in [-0.25, -0.2) is 4.98 Å². The van der Waals surface area contributed by atoms with E-state index in [1.54, 1.807) is 13.2 Å². The van der Waals surface area contributed by atoms with Crippen LogP contribution in [0.15, 0.2) is 42.5 Å². The molecule has 1 fully saturated rings. The molecule has 5 heteroatoms. The fourth-order valence-corrected chi connectivity index (χ4v) is 2.78. The lowest BCUT2D eigenvalue weighted by atomic mass is 10.2. The molecule has 1 aromatic carbocycles. The Hall–Kier alpha value is -2.56. The number of nitrogens with zero attached hydrogens (tertiary/aromatic N) is 3. The number of anilines is 1. The van der Waals surface area contributed by atoms with E-state index in [9.17, 15) is 4.79 Å². The molecule has 1 aromatic heterocycles. The van der Waals surface area contributed by atoms with Crippen molar-refractivity contribution in [2.75, 3.05) is 38.2 Å². The second-order valence-corrected chi connectivity index (χ2v) is 5.64. The van der Waals surface area contributed by atoms with E-state index in [1.807, 2.05) is 36.1 Å². The van der Waals surface area contributed by atoms with Crippen molar-refractivity contribution in [3.8, 4) is 5.75 Å². The van der Waals surface area contributed by atoms with Gasteiger partial charge >= 0.3 is 0 Å². The van der Waals surface area contributed by atoms with Gasteiger partial charge in [0.2, 0.25) is 0 Å². The number of hydrogen-bond donors (Lipinski definition) is 0. The normalized spacial score (nSPS) is 14.7. The van der Waals surface area contributed by atoms with Crippen LogP contribution in [0.4, 0.5) is 5.69 Å². The van der Waals surface area contributed by atoms with Gasteiger partial charge < -0.3 is 14.5 Å². The minimum Gasteiger partial charge on any atom is -0.497 e. The van der Waals surface area contributed by atoms with Gasteiger partial charge in [0.25, 0.3) is 5.91 Å². The number of pyridine rings is 1. The molecule has 0 unspecified atom stereocenters. The molecule has 0 spiro atoms. The van der Waals surface area contributed by atoms with E-state index >= 15 is 0 Å². The molecule has 23 heavy (non-hydrogen) atoms. The zero-order chi connectivity index (χ0) is 16.2. The fraction of sp³-hybridized carbons (Fsp3) is 0.333. The van der Waals surface area contributed by atoms with E-state index in [1.165, 1.54) is 0 Å². The van der Waals surface area contributed by atoms with Crippen LogP contribution >= 0.6 is 0 Å².